The van der Waals surface area contributed by atoms with Crippen LogP contribution in [-0.2, 0) is 26.7 Å². The smallest absolute Gasteiger partial charge is 1.00 e. The van der Waals surface area contributed by atoms with E-state index in [4.69, 9.17) is 32.0 Å². The number of sulfonamides is 2. The third-order valence-electron chi connectivity index (χ3n) is 11.1. The van der Waals surface area contributed by atoms with Gasteiger partial charge in [-0.1, -0.05) is 29.3 Å². The van der Waals surface area contributed by atoms with Crippen LogP contribution >= 0.6 is 23.2 Å². The number of aliphatic hydroxyl groups excluding tert-OH is 1. The largest absolute Gasteiger partial charge is 1.00 e. The van der Waals surface area contributed by atoms with E-state index in [0.717, 1.165) is 21.1 Å². The molecule has 2 amide bonds. The molecule has 72 heavy (non-hydrogen) atoms. The van der Waals surface area contributed by atoms with Crippen LogP contribution in [0.3, 0.4) is 0 Å². The maximum atomic E-state index is 13.5. The number of nitrogens with zero attached hydrogens (tertiary/aromatic N) is 4. The van der Waals surface area contributed by atoms with E-state index in [1.54, 1.807) is 24.3 Å². The van der Waals surface area contributed by atoms with E-state index in [2.05, 4.69) is 20.6 Å². The third kappa shape index (κ3) is 11.5. The number of rotatable bonds is 12. The summed E-state index contributed by atoms with van der Waals surface area (Å²) in [6.07, 6.45) is 2.65. The van der Waals surface area contributed by atoms with E-state index >= 15 is 0 Å². The second-order valence-corrected chi connectivity index (χ2v) is 20.2. The van der Waals surface area contributed by atoms with Gasteiger partial charge in [-0.05, 0) is 78.9 Å². The summed E-state index contributed by atoms with van der Waals surface area (Å²) in [5, 5.41) is 15.4. The molecule has 3 N–H and O–H groups in total. The van der Waals surface area contributed by atoms with Crippen molar-refractivity contribution >= 4 is 103 Å². The normalized spacial score (nSPS) is 11.2. The molecule has 0 saturated carbocycles. The Morgan fingerprint density at radius 1 is 0.681 bits per heavy atom. The number of aldehydes is 1. The van der Waals surface area contributed by atoms with Crippen molar-refractivity contribution in [2.45, 2.75) is 6.61 Å². The van der Waals surface area contributed by atoms with Crippen LogP contribution in [0.4, 0.5) is 20.2 Å². The molecule has 8 aromatic rings. The molecule has 0 aliphatic carbocycles. The molecule has 0 fully saturated rings. The fourth-order valence-corrected chi connectivity index (χ4v) is 8.71. The Morgan fingerprint density at radius 2 is 1.07 bits per heavy atom. The van der Waals surface area contributed by atoms with Crippen molar-refractivity contribution in [1.82, 2.24) is 20.6 Å². The quantitative estimate of drug-likeness (QED) is 0.0789. The van der Waals surface area contributed by atoms with Gasteiger partial charge in [0.1, 0.15) is 44.6 Å². The number of aliphatic hydroxyl groups is 1. The van der Waals surface area contributed by atoms with Gasteiger partial charge in [-0.25, -0.2) is 35.6 Å². The maximum Gasteiger partial charge on any atom is 1.00 e. The molecular weight excluding hydrogens is 1030 g/mol. The maximum absolute atomic E-state index is 13.5. The van der Waals surface area contributed by atoms with E-state index in [1.807, 2.05) is 0 Å². The van der Waals surface area contributed by atoms with Crippen molar-refractivity contribution in [2.75, 3.05) is 49.3 Å². The van der Waals surface area contributed by atoms with Crippen molar-refractivity contribution in [3.8, 4) is 45.2 Å². The number of nitrogens with one attached hydrogen (secondary N) is 2. The second kappa shape index (κ2) is 22.7. The Hall–Kier alpha value is -6.17. The summed E-state index contributed by atoms with van der Waals surface area (Å²) in [6, 6.07) is 23.2. The molecule has 0 aliphatic rings. The molecule has 0 aliphatic heterocycles. The molecule has 4 aromatic carbocycles. The summed E-state index contributed by atoms with van der Waals surface area (Å²) in [6.45, 7) is -0.315. The van der Waals surface area contributed by atoms with Crippen molar-refractivity contribution < 1.29 is 84.9 Å². The number of aromatic nitrogens is 2. The van der Waals surface area contributed by atoms with Gasteiger partial charge in [0.15, 0.2) is 6.29 Å². The zero-order chi connectivity index (χ0) is 51.0. The average molecular weight is 1070 g/mol. The van der Waals surface area contributed by atoms with E-state index < -0.39 is 43.5 Å². The minimum Gasteiger partial charge on any atom is -1.00 e. The van der Waals surface area contributed by atoms with E-state index in [9.17, 15) is 45.1 Å². The minimum absolute atomic E-state index is 0. The molecule has 0 spiro atoms. The fourth-order valence-electron chi connectivity index (χ4n) is 7.28. The zero-order valence-corrected chi connectivity index (χ0v) is 44.5. The number of amides is 2. The summed E-state index contributed by atoms with van der Waals surface area (Å²) in [4.78, 5) is 45.5. The summed E-state index contributed by atoms with van der Waals surface area (Å²) in [5.41, 5.74) is 4.11. The van der Waals surface area contributed by atoms with Crippen LogP contribution in [0.5, 0.6) is 0 Å². The van der Waals surface area contributed by atoms with Gasteiger partial charge >= 0.3 is 29.6 Å². The van der Waals surface area contributed by atoms with Crippen LogP contribution in [0.1, 0.15) is 38.1 Å². The molecule has 4 heterocycles. The number of hydrogen-bond donors (Lipinski definition) is 3. The molecule has 24 heteroatoms. The van der Waals surface area contributed by atoms with Gasteiger partial charge in [-0.15, -0.1) is 0 Å². The number of benzene rings is 4. The van der Waals surface area contributed by atoms with Gasteiger partial charge in [0.25, 0.3) is 11.8 Å². The Balaban J connectivity index is 0.000000304. The van der Waals surface area contributed by atoms with Crippen LogP contribution < -0.4 is 48.8 Å². The SMILES string of the molecule is CNC(=O)c1c(-c2ccc(F)cc2)oc2cc(N(C)S(C)(=O)=O)c(-c3ccc(C=O)c(Cl)n3)cc12.CNC(=O)c1c(-c2ccc(F)cc2)oc2cc(N(C)S(C)(=O)=O)c(-c3ccc(CO)c(Cl)n3)cc12.[B].[H-].[Na+]. The molecule has 0 unspecified atom stereocenters. The average Bonchev–Trinajstić information content (AvgIpc) is 3.90. The van der Waals surface area contributed by atoms with Gasteiger partial charge in [0, 0.05) is 87.3 Å². The van der Waals surface area contributed by atoms with E-state index in [0.29, 0.717) is 50.6 Å². The minimum atomic E-state index is -3.71. The Labute approximate surface area is 447 Å². The first-order valence-corrected chi connectivity index (χ1v) is 25.0. The monoisotopic (exact) mass is 1070 g/mol. The number of pyridine rings is 2. The molecule has 0 atom stereocenters. The number of anilines is 2. The fraction of sp³-hybridized carbons (Fsp3) is 0.146. The Bertz CT molecular complexity index is 3630. The van der Waals surface area contributed by atoms with Gasteiger partial charge in [-0.3, -0.25) is 23.0 Å². The van der Waals surface area contributed by atoms with Gasteiger partial charge < -0.3 is 26.0 Å². The first-order chi connectivity index (χ1) is 33.1. The molecule has 367 valence electrons. The number of carbonyl (C=O) groups excluding carboxylic acids is 3. The van der Waals surface area contributed by atoms with E-state index in [1.165, 1.54) is 101 Å². The predicted molar refractivity (Wildman–Crippen MR) is 271 cm³/mol. The van der Waals surface area contributed by atoms with Crippen molar-refractivity contribution in [2.24, 2.45) is 0 Å². The first-order valence-electron chi connectivity index (χ1n) is 20.5. The molecule has 8 rings (SSSR count). The predicted octanol–water partition coefficient (Wildman–Crippen LogP) is 5.46. The topological polar surface area (TPSA) is 222 Å². The van der Waals surface area contributed by atoms with Crippen LogP contribution in [0.25, 0.3) is 67.1 Å². The van der Waals surface area contributed by atoms with E-state index in [-0.39, 0.29) is 113 Å². The van der Waals surface area contributed by atoms with Crippen LogP contribution in [0.2, 0.25) is 10.3 Å². The number of fused-ring (bicyclic) bond motifs is 2. The van der Waals surface area contributed by atoms with Crippen LogP contribution in [0.15, 0.2) is 106 Å². The second-order valence-electron chi connectivity index (χ2n) is 15.5. The van der Waals surface area contributed by atoms with Crippen LogP contribution in [-0.4, -0.2) is 99.1 Å². The summed E-state index contributed by atoms with van der Waals surface area (Å²) < 4.78 is 90.8. The summed E-state index contributed by atoms with van der Waals surface area (Å²) in [7, 11) is -1.72. The summed E-state index contributed by atoms with van der Waals surface area (Å²) in [5.74, 6) is -1.41. The Morgan fingerprint density at radius 3 is 1.40 bits per heavy atom. The van der Waals surface area contributed by atoms with Crippen LogP contribution in [0, 0.1) is 11.6 Å². The molecule has 4 aromatic heterocycles. The van der Waals surface area contributed by atoms with Gasteiger partial charge in [-0.2, -0.15) is 0 Å². The molecule has 3 radical (unpaired) electrons. The molecule has 16 nitrogen and oxygen atoms in total. The van der Waals surface area contributed by atoms with Crippen molar-refractivity contribution in [1.29, 1.82) is 0 Å². The van der Waals surface area contributed by atoms with Gasteiger partial charge in [0.05, 0.1) is 58.6 Å². The molecular formula is C48H41BCl2F2N6NaO10S2. The third-order valence-corrected chi connectivity index (χ3v) is 14.1. The number of halogens is 4. The molecule has 0 saturated heterocycles. The zero-order valence-electron chi connectivity index (χ0n) is 40.3. The number of carbonyl (C=O) groups is 3. The standard InChI is InChI=1S/C24H21ClFN3O5S.C24H19ClFN3O5S.B.Na.H/c2*1-27-24(31)21-17-10-16(18-9-6-14(12-30)23(25)28-18)19(29(2)35(3,32)33)11-20(17)34-22(21)13-4-7-15(26)8-5-13;;;/h4-11,30H,12H2,1-3H3,(H,27,31);4-12H,1-3H3,(H,27,31);;;/q;;;+1;-1. The van der Waals surface area contributed by atoms with Gasteiger partial charge in [0.2, 0.25) is 20.0 Å². The van der Waals surface area contributed by atoms with Crippen molar-refractivity contribution in [3.05, 3.63) is 141 Å². The summed E-state index contributed by atoms with van der Waals surface area (Å²) >= 11 is 12.3. The molecule has 0 bridgehead atoms. The Kier molecular flexibility index (Phi) is 17.9. The van der Waals surface area contributed by atoms with Crippen molar-refractivity contribution in [3.63, 3.8) is 0 Å². The first kappa shape index (κ1) is 56.7. The number of furan rings is 2. The number of hydrogen-bond acceptors (Lipinski definition) is 12.